The number of rotatable bonds is 4. The van der Waals surface area contributed by atoms with Gasteiger partial charge in [0.15, 0.2) is 0 Å². The van der Waals surface area contributed by atoms with Crippen LogP contribution in [0.5, 0.6) is 0 Å². The fourth-order valence-electron chi connectivity index (χ4n) is 4.35. The van der Waals surface area contributed by atoms with Crippen molar-refractivity contribution in [2.24, 2.45) is 0 Å². The molecule has 0 aliphatic carbocycles. The molecule has 0 spiro atoms. The normalized spacial score (nSPS) is 21.2. The van der Waals surface area contributed by atoms with Crippen molar-refractivity contribution in [3.8, 4) is 0 Å². The summed E-state index contributed by atoms with van der Waals surface area (Å²) >= 11 is 0. The third-order valence-corrected chi connectivity index (χ3v) is 5.77. The number of carbonyl (C=O) groups excluding carboxylic acids is 2. The Balaban J connectivity index is 0.00000225. The van der Waals surface area contributed by atoms with Gasteiger partial charge >= 0.3 is 0 Å². The van der Waals surface area contributed by atoms with Crippen molar-refractivity contribution in [1.29, 1.82) is 0 Å². The van der Waals surface area contributed by atoms with Crippen LogP contribution in [0.2, 0.25) is 0 Å². The van der Waals surface area contributed by atoms with E-state index in [2.05, 4.69) is 5.32 Å². The molecule has 1 unspecified atom stereocenters. The molecule has 6 heteroatoms. The second-order valence-electron chi connectivity index (χ2n) is 7.43. The van der Waals surface area contributed by atoms with Gasteiger partial charge in [-0.25, -0.2) is 0 Å². The van der Waals surface area contributed by atoms with E-state index in [1.54, 1.807) is 4.90 Å². The zero-order valence-electron chi connectivity index (χ0n) is 16.1. The average Bonchev–Trinajstić information content (AvgIpc) is 2.92. The van der Waals surface area contributed by atoms with Gasteiger partial charge in [-0.05, 0) is 23.6 Å². The van der Waals surface area contributed by atoms with E-state index in [4.69, 9.17) is 0 Å². The number of nitrogens with one attached hydrogen (secondary N) is 1. The number of likely N-dealkylation sites (N-methyl/N-ethyl adjacent to an activating group) is 1. The molecule has 148 valence electrons. The van der Waals surface area contributed by atoms with Gasteiger partial charge < -0.3 is 15.1 Å². The van der Waals surface area contributed by atoms with Gasteiger partial charge in [0.05, 0.1) is 5.41 Å². The topological polar surface area (TPSA) is 52.7 Å². The van der Waals surface area contributed by atoms with Crippen molar-refractivity contribution >= 4 is 29.9 Å². The molecule has 2 aromatic rings. The predicted molar refractivity (Wildman–Crippen MR) is 113 cm³/mol. The van der Waals surface area contributed by atoms with Crippen molar-refractivity contribution in [2.75, 3.05) is 38.1 Å². The van der Waals surface area contributed by atoms with Crippen LogP contribution in [0.15, 0.2) is 54.6 Å². The van der Waals surface area contributed by atoms with Crippen LogP contribution in [0.4, 0.5) is 5.69 Å². The van der Waals surface area contributed by atoms with Gasteiger partial charge in [0.2, 0.25) is 11.8 Å². The van der Waals surface area contributed by atoms with Gasteiger partial charge in [-0.2, -0.15) is 0 Å². The lowest BCUT2D eigenvalue weighted by Crippen LogP contribution is -2.50. The van der Waals surface area contributed by atoms with Gasteiger partial charge in [0.1, 0.15) is 0 Å². The molecule has 4 rings (SSSR count). The van der Waals surface area contributed by atoms with E-state index >= 15 is 0 Å². The second-order valence-corrected chi connectivity index (χ2v) is 7.43. The van der Waals surface area contributed by atoms with Gasteiger partial charge in [-0.3, -0.25) is 9.59 Å². The van der Waals surface area contributed by atoms with Crippen LogP contribution in [0, 0.1) is 0 Å². The largest absolute Gasteiger partial charge is 0.340 e. The maximum absolute atomic E-state index is 13.4. The highest BCUT2D eigenvalue weighted by molar-refractivity contribution is 6.09. The van der Waals surface area contributed by atoms with Crippen LogP contribution < -0.4 is 10.2 Å². The molecule has 0 aromatic heterocycles. The van der Waals surface area contributed by atoms with Crippen molar-refractivity contribution < 1.29 is 9.59 Å². The minimum atomic E-state index is -0.839. The lowest BCUT2D eigenvalue weighted by atomic mass is 9.73. The minimum Gasteiger partial charge on any atom is -0.340 e. The van der Waals surface area contributed by atoms with Crippen LogP contribution in [0.1, 0.15) is 17.5 Å². The number of hydrogen-bond acceptors (Lipinski definition) is 3. The summed E-state index contributed by atoms with van der Waals surface area (Å²) in [5.41, 5.74) is 2.11. The summed E-state index contributed by atoms with van der Waals surface area (Å²) < 4.78 is 0. The maximum Gasteiger partial charge on any atom is 0.238 e. The average molecular weight is 400 g/mol. The smallest absolute Gasteiger partial charge is 0.238 e. The molecule has 2 aliphatic rings. The molecule has 2 aromatic carbocycles. The monoisotopic (exact) mass is 399 g/mol. The number of piperazine rings is 1. The van der Waals surface area contributed by atoms with Crippen LogP contribution in [0.25, 0.3) is 0 Å². The fraction of sp³-hybridized carbons (Fsp3) is 0.364. The zero-order valence-corrected chi connectivity index (χ0v) is 16.9. The Bertz CT molecular complexity index is 852. The van der Waals surface area contributed by atoms with Gasteiger partial charge in [0.25, 0.3) is 0 Å². The molecule has 0 radical (unpaired) electrons. The van der Waals surface area contributed by atoms with Crippen LogP contribution in [-0.2, 0) is 21.4 Å². The summed E-state index contributed by atoms with van der Waals surface area (Å²) in [6.45, 7) is 3.02. The summed E-state index contributed by atoms with van der Waals surface area (Å²) in [5.74, 6) is 0.0712. The fourth-order valence-corrected chi connectivity index (χ4v) is 4.35. The zero-order chi connectivity index (χ0) is 18.9. The van der Waals surface area contributed by atoms with Crippen LogP contribution in [-0.4, -0.2) is 49.9 Å². The van der Waals surface area contributed by atoms with Crippen LogP contribution in [0.3, 0.4) is 0 Å². The number of hydrogen-bond donors (Lipinski definition) is 1. The first-order valence-corrected chi connectivity index (χ1v) is 9.52. The van der Waals surface area contributed by atoms with Gasteiger partial charge in [-0.15, -0.1) is 12.4 Å². The first-order chi connectivity index (χ1) is 13.1. The molecule has 1 saturated heterocycles. The number of fused-ring (bicyclic) bond motifs is 1. The molecule has 1 fully saturated rings. The molecule has 0 saturated carbocycles. The predicted octanol–water partition coefficient (Wildman–Crippen LogP) is 2.39. The van der Waals surface area contributed by atoms with E-state index in [1.807, 2.05) is 66.5 Å². The Morgan fingerprint density at radius 2 is 1.68 bits per heavy atom. The number of anilines is 1. The lowest BCUT2D eigenvalue weighted by Gasteiger charge is -2.33. The standard InChI is InChI=1S/C22H25N3O2.ClH/c1-24-19-10-6-5-9-18(19)22(21(24)27,15-17-7-3-2-4-8-17)16-20(26)25-13-11-23-12-14-25;/h2-10,23H,11-16H2,1H3;1H. The highest BCUT2D eigenvalue weighted by Gasteiger charge is 2.51. The number of para-hydroxylation sites is 1. The molecule has 2 amide bonds. The summed E-state index contributed by atoms with van der Waals surface area (Å²) in [7, 11) is 1.81. The molecule has 1 N–H and O–H groups in total. The summed E-state index contributed by atoms with van der Waals surface area (Å²) in [4.78, 5) is 30.2. The van der Waals surface area contributed by atoms with Gasteiger partial charge in [-0.1, -0.05) is 48.5 Å². The molecule has 2 aliphatic heterocycles. The Kier molecular flexibility index (Phi) is 6.06. The maximum atomic E-state index is 13.4. The Hall–Kier alpha value is -2.37. The molecule has 2 heterocycles. The first kappa shape index (κ1) is 20.4. The third-order valence-electron chi connectivity index (χ3n) is 5.77. The Labute approximate surface area is 172 Å². The third kappa shape index (κ3) is 3.52. The van der Waals surface area contributed by atoms with Crippen molar-refractivity contribution in [2.45, 2.75) is 18.3 Å². The van der Waals surface area contributed by atoms with Gasteiger partial charge in [0, 0.05) is 45.3 Å². The molecular formula is C22H26ClN3O2. The molecular weight excluding hydrogens is 374 g/mol. The number of carbonyl (C=O) groups is 2. The number of nitrogens with zero attached hydrogens (tertiary/aromatic N) is 2. The van der Waals surface area contributed by atoms with E-state index in [1.165, 1.54) is 0 Å². The summed E-state index contributed by atoms with van der Waals surface area (Å²) in [6, 6.07) is 17.9. The highest BCUT2D eigenvalue weighted by atomic mass is 35.5. The van der Waals surface area contributed by atoms with Crippen LogP contribution >= 0.6 is 12.4 Å². The number of halogens is 1. The highest BCUT2D eigenvalue weighted by Crippen LogP contribution is 2.45. The molecule has 5 nitrogen and oxygen atoms in total. The van der Waals surface area contributed by atoms with E-state index in [0.29, 0.717) is 19.5 Å². The van der Waals surface area contributed by atoms with Crippen molar-refractivity contribution in [1.82, 2.24) is 10.2 Å². The van der Waals surface area contributed by atoms with E-state index in [0.717, 1.165) is 29.9 Å². The summed E-state index contributed by atoms with van der Waals surface area (Å²) in [5, 5.41) is 3.27. The quantitative estimate of drug-likeness (QED) is 0.858. The minimum absolute atomic E-state index is 0. The van der Waals surface area contributed by atoms with Crippen molar-refractivity contribution in [3.05, 3.63) is 65.7 Å². The molecule has 1 atom stereocenters. The Morgan fingerprint density at radius 3 is 2.39 bits per heavy atom. The molecule has 28 heavy (non-hydrogen) atoms. The first-order valence-electron chi connectivity index (χ1n) is 9.52. The summed E-state index contributed by atoms with van der Waals surface area (Å²) in [6.07, 6.45) is 0.744. The van der Waals surface area contributed by atoms with E-state index in [9.17, 15) is 9.59 Å². The number of amides is 2. The molecule has 0 bridgehead atoms. The number of benzene rings is 2. The SMILES string of the molecule is CN1C(=O)C(CC(=O)N2CCNCC2)(Cc2ccccc2)c2ccccc21.Cl. The second kappa shape index (κ2) is 8.33. The lowest BCUT2D eigenvalue weighted by molar-refractivity contribution is -0.136. The van der Waals surface area contributed by atoms with E-state index in [-0.39, 0.29) is 30.6 Å². The van der Waals surface area contributed by atoms with Crippen molar-refractivity contribution in [3.63, 3.8) is 0 Å². The Morgan fingerprint density at radius 1 is 1.04 bits per heavy atom. The van der Waals surface area contributed by atoms with E-state index < -0.39 is 5.41 Å².